The van der Waals surface area contributed by atoms with E-state index in [0.717, 1.165) is 6.42 Å². The minimum absolute atomic E-state index is 0.687. The van der Waals surface area contributed by atoms with E-state index in [1.807, 2.05) is 11.8 Å². The van der Waals surface area contributed by atoms with Gasteiger partial charge in [0.05, 0.1) is 0 Å². The van der Waals surface area contributed by atoms with Crippen LogP contribution in [0, 0.1) is 0 Å². The van der Waals surface area contributed by atoms with Crippen molar-refractivity contribution in [2.45, 2.75) is 25.8 Å². The summed E-state index contributed by atoms with van der Waals surface area (Å²) in [6, 6.07) is 9.51. The van der Waals surface area contributed by atoms with Crippen LogP contribution in [-0.2, 0) is 6.42 Å². The Morgan fingerprint density at radius 3 is 2.71 bits per heavy atom. The van der Waals surface area contributed by atoms with Crippen molar-refractivity contribution in [3.8, 4) is 0 Å². The molecule has 2 rings (SSSR count). The van der Waals surface area contributed by atoms with Gasteiger partial charge in [0.25, 0.3) is 0 Å². The van der Waals surface area contributed by atoms with Gasteiger partial charge in [-0.1, -0.05) is 19.1 Å². The molecule has 0 aromatic heterocycles. The largest absolute Gasteiger partial charge is 0.381 e. The molecular weight excluding hydrogens is 190 g/mol. The number of anilines is 1. The summed E-state index contributed by atoms with van der Waals surface area (Å²) in [5.74, 6) is 2.57. The number of rotatable bonds is 3. The van der Waals surface area contributed by atoms with Gasteiger partial charge in [0, 0.05) is 17.5 Å². The fourth-order valence-corrected chi connectivity index (χ4v) is 2.87. The van der Waals surface area contributed by atoms with E-state index in [2.05, 4.69) is 36.5 Å². The fraction of sp³-hybridized carbons (Fsp3) is 0.500. The molecule has 0 unspecified atom stereocenters. The van der Waals surface area contributed by atoms with Crippen molar-refractivity contribution >= 4 is 17.4 Å². The molecule has 1 nitrogen and oxygen atoms in total. The summed E-state index contributed by atoms with van der Waals surface area (Å²) in [4.78, 5) is 0. The molecule has 1 N–H and O–H groups in total. The van der Waals surface area contributed by atoms with Crippen LogP contribution in [0.4, 0.5) is 5.69 Å². The Morgan fingerprint density at radius 2 is 2.14 bits per heavy atom. The van der Waals surface area contributed by atoms with Gasteiger partial charge in [-0.15, -0.1) is 0 Å². The maximum absolute atomic E-state index is 3.57. The third-order valence-corrected chi connectivity index (χ3v) is 3.83. The van der Waals surface area contributed by atoms with Crippen molar-refractivity contribution in [1.29, 1.82) is 0 Å². The lowest BCUT2D eigenvalue weighted by Gasteiger charge is -2.12. The van der Waals surface area contributed by atoms with Gasteiger partial charge in [0.15, 0.2) is 0 Å². The number of aryl methyl sites for hydroxylation is 1. The Morgan fingerprint density at radius 1 is 1.36 bits per heavy atom. The third kappa shape index (κ3) is 2.44. The van der Waals surface area contributed by atoms with E-state index >= 15 is 0 Å². The maximum Gasteiger partial charge on any atom is 0.0359 e. The monoisotopic (exact) mass is 207 g/mol. The highest BCUT2D eigenvalue weighted by molar-refractivity contribution is 7.99. The van der Waals surface area contributed by atoms with E-state index < -0.39 is 0 Å². The first-order chi connectivity index (χ1) is 6.88. The van der Waals surface area contributed by atoms with Crippen molar-refractivity contribution in [1.82, 2.24) is 0 Å². The lowest BCUT2D eigenvalue weighted by atomic mass is 10.1. The molecule has 1 aliphatic rings. The second-order valence-electron chi connectivity index (χ2n) is 3.76. The van der Waals surface area contributed by atoms with Gasteiger partial charge in [-0.2, -0.15) is 11.8 Å². The molecule has 2 heteroatoms. The molecule has 14 heavy (non-hydrogen) atoms. The molecule has 0 aliphatic carbocycles. The highest BCUT2D eigenvalue weighted by atomic mass is 32.2. The van der Waals surface area contributed by atoms with E-state index in [-0.39, 0.29) is 0 Å². The molecule has 1 aliphatic heterocycles. The predicted molar refractivity (Wildman–Crippen MR) is 65.2 cm³/mol. The Hall–Kier alpha value is -0.630. The average Bonchev–Trinajstić information content (AvgIpc) is 2.72. The van der Waals surface area contributed by atoms with Gasteiger partial charge in [-0.05, 0) is 36.3 Å². The summed E-state index contributed by atoms with van der Waals surface area (Å²) >= 11 is 2.05. The van der Waals surface area contributed by atoms with Crippen molar-refractivity contribution in [3.05, 3.63) is 29.8 Å². The molecular formula is C12H17NS. The van der Waals surface area contributed by atoms with Crippen LogP contribution in [0.2, 0.25) is 0 Å². The molecule has 1 heterocycles. The summed E-state index contributed by atoms with van der Waals surface area (Å²) in [5, 5.41) is 3.57. The van der Waals surface area contributed by atoms with E-state index in [9.17, 15) is 0 Å². The van der Waals surface area contributed by atoms with Crippen molar-refractivity contribution in [2.75, 3.05) is 16.8 Å². The molecule has 1 fully saturated rings. The molecule has 1 saturated heterocycles. The number of benzene rings is 1. The second kappa shape index (κ2) is 4.74. The highest BCUT2D eigenvalue weighted by Crippen LogP contribution is 2.21. The molecule has 1 aromatic rings. The van der Waals surface area contributed by atoms with Gasteiger partial charge in [-0.3, -0.25) is 0 Å². The van der Waals surface area contributed by atoms with Gasteiger partial charge in [0.2, 0.25) is 0 Å². The van der Waals surface area contributed by atoms with Crippen LogP contribution in [0.3, 0.4) is 0 Å². The first kappa shape index (κ1) is 9.91. The second-order valence-corrected chi connectivity index (χ2v) is 4.91. The third-order valence-electron chi connectivity index (χ3n) is 2.66. The van der Waals surface area contributed by atoms with E-state index in [4.69, 9.17) is 0 Å². The summed E-state index contributed by atoms with van der Waals surface area (Å²) in [7, 11) is 0. The standard InChI is InChI=1S/C12H17NS/c1-2-10-3-5-11(6-4-10)13-12-7-8-14-9-12/h3-6,12-13H,2,7-9H2,1H3/t12-/m1/s1. The Bertz CT molecular complexity index is 275. The van der Waals surface area contributed by atoms with Gasteiger partial charge in [0.1, 0.15) is 0 Å². The zero-order valence-corrected chi connectivity index (χ0v) is 9.44. The quantitative estimate of drug-likeness (QED) is 0.817. The van der Waals surface area contributed by atoms with E-state index in [0.29, 0.717) is 6.04 Å². The zero-order valence-electron chi connectivity index (χ0n) is 8.62. The summed E-state index contributed by atoms with van der Waals surface area (Å²) in [5.41, 5.74) is 2.69. The molecule has 0 spiro atoms. The lowest BCUT2D eigenvalue weighted by Crippen LogP contribution is -2.17. The van der Waals surface area contributed by atoms with Crippen molar-refractivity contribution < 1.29 is 0 Å². The van der Waals surface area contributed by atoms with Crippen LogP contribution in [0.1, 0.15) is 18.9 Å². The van der Waals surface area contributed by atoms with Crippen LogP contribution < -0.4 is 5.32 Å². The number of nitrogens with one attached hydrogen (secondary N) is 1. The fourth-order valence-electron chi connectivity index (χ4n) is 1.72. The minimum Gasteiger partial charge on any atom is -0.381 e. The minimum atomic E-state index is 0.687. The Labute approximate surface area is 90.3 Å². The summed E-state index contributed by atoms with van der Waals surface area (Å²) in [6.45, 7) is 2.19. The van der Waals surface area contributed by atoms with E-state index in [1.165, 1.54) is 29.2 Å². The molecule has 0 radical (unpaired) electrons. The molecule has 0 amide bonds. The number of hydrogen-bond donors (Lipinski definition) is 1. The molecule has 1 aromatic carbocycles. The smallest absolute Gasteiger partial charge is 0.0359 e. The number of thioether (sulfide) groups is 1. The topological polar surface area (TPSA) is 12.0 Å². The molecule has 0 saturated carbocycles. The van der Waals surface area contributed by atoms with Gasteiger partial charge < -0.3 is 5.32 Å². The molecule has 0 bridgehead atoms. The predicted octanol–water partition coefficient (Wildman–Crippen LogP) is 3.17. The van der Waals surface area contributed by atoms with Crippen molar-refractivity contribution in [3.63, 3.8) is 0 Å². The molecule has 1 atom stereocenters. The summed E-state index contributed by atoms with van der Waals surface area (Å²) in [6.07, 6.45) is 2.43. The van der Waals surface area contributed by atoms with Crippen LogP contribution >= 0.6 is 11.8 Å². The maximum atomic E-state index is 3.57. The first-order valence-electron chi connectivity index (χ1n) is 5.31. The van der Waals surface area contributed by atoms with Crippen LogP contribution in [0.25, 0.3) is 0 Å². The Balaban J connectivity index is 1.95. The Kier molecular flexibility index (Phi) is 3.35. The van der Waals surface area contributed by atoms with Crippen molar-refractivity contribution in [2.24, 2.45) is 0 Å². The van der Waals surface area contributed by atoms with Crippen LogP contribution in [0.15, 0.2) is 24.3 Å². The van der Waals surface area contributed by atoms with Gasteiger partial charge >= 0.3 is 0 Å². The average molecular weight is 207 g/mol. The zero-order chi connectivity index (χ0) is 9.80. The van der Waals surface area contributed by atoms with Crippen LogP contribution in [-0.4, -0.2) is 17.5 Å². The summed E-state index contributed by atoms with van der Waals surface area (Å²) < 4.78 is 0. The SMILES string of the molecule is CCc1ccc(N[C@@H]2CCSC2)cc1. The van der Waals surface area contributed by atoms with E-state index in [1.54, 1.807) is 0 Å². The number of hydrogen-bond acceptors (Lipinski definition) is 2. The molecule has 76 valence electrons. The normalized spacial score (nSPS) is 21.1. The lowest BCUT2D eigenvalue weighted by molar-refractivity contribution is 0.813. The van der Waals surface area contributed by atoms with Crippen LogP contribution in [0.5, 0.6) is 0 Å². The van der Waals surface area contributed by atoms with Gasteiger partial charge in [-0.25, -0.2) is 0 Å². The highest BCUT2D eigenvalue weighted by Gasteiger charge is 2.14. The first-order valence-corrected chi connectivity index (χ1v) is 6.47.